The molecule has 1 spiro atoms. The molecule has 4 aliphatic carbocycles. The molecule has 4 nitrogen and oxygen atoms in total. The second-order valence-electron chi connectivity index (χ2n) is 11.9. The van der Waals surface area contributed by atoms with Gasteiger partial charge >= 0.3 is 0 Å². The monoisotopic (exact) mass is 424 g/mol. The van der Waals surface area contributed by atoms with Crippen LogP contribution in [-0.4, -0.2) is 26.6 Å². The van der Waals surface area contributed by atoms with Crippen molar-refractivity contribution in [2.45, 2.75) is 92.1 Å². The van der Waals surface area contributed by atoms with Gasteiger partial charge in [-0.1, -0.05) is 34.6 Å². The Labute approximate surface area is 177 Å². The SMILES string of the molecule is CC(C)[C@@H]1CC[C@](C)(CC2CC(=O)[C@@]34CC[C@@H](C)[C@@H]3CC[C@@]24C)[C@H]1OS(C)(=O)=O. The first-order chi connectivity index (χ1) is 13.3. The van der Waals surface area contributed by atoms with E-state index in [4.69, 9.17) is 4.18 Å². The molecule has 0 heterocycles. The highest BCUT2D eigenvalue weighted by Crippen LogP contribution is 2.74. The molecule has 0 amide bonds. The van der Waals surface area contributed by atoms with Crippen molar-refractivity contribution in [2.75, 3.05) is 6.26 Å². The van der Waals surface area contributed by atoms with E-state index in [1.165, 1.54) is 19.1 Å². The Hall–Kier alpha value is -0.420. The van der Waals surface area contributed by atoms with Crippen LogP contribution in [0.25, 0.3) is 0 Å². The van der Waals surface area contributed by atoms with Crippen LogP contribution in [-0.2, 0) is 19.1 Å². The van der Waals surface area contributed by atoms with Crippen molar-refractivity contribution in [3.63, 3.8) is 0 Å². The highest BCUT2D eigenvalue weighted by atomic mass is 32.2. The third kappa shape index (κ3) is 3.08. The summed E-state index contributed by atoms with van der Waals surface area (Å²) in [5.74, 6) is 2.74. The van der Waals surface area contributed by atoms with Crippen molar-refractivity contribution in [3.8, 4) is 0 Å². The van der Waals surface area contributed by atoms with Crippen LogP contribution >= 0.6 is 0 Å². The summed E-state index contributed by atoms with van der Waals surface area (Å²) >= 11 is 0. The minimum Gasteiger partial charge on any atom is -0.299 e. The first-order valence-corrected chi connectivity index (χ1v) is 13.6. The van der Waals surface area contributed by atoms with E-state index in [2.05, 4.69) is 34.6 Å². The summed E-state index contributed by atoms with van der Waals surface area (Å²) in [5.41, 5.74) is -0.204. The van der Waals surface area contributed by atoms with Crippen LogP contribution in [0.3, 0.4) is 0 Å². The molecule has 0 bridgehead atoms. The zero-order valence-electron chi connectivity index (χ0n) is 19.2. The van der Waals surface area contributed by atoms with Gasteiger partial charge in [0.25, 0.3) is 10.1 Å². The summed E-state index contributed by atoms with van der Waals surface area (Å²) in [6, 6.07) is 0. The smallest absolute Gasteiger partial charge is 0.264 e. The van der Waals surface area contributed by atoms with Gasteiger partial charge in [0.1, 0.15) is 5.78 Å². The van der Waals surface area contributed by atoms with Crippen molar-refractivity contribution in [2.24, 2.45) is 45.8 Å². The van der Waals surface area contributed by atoms with Gasteiger partial charge in [0.2, 0.25) is 0 Å². The Kier molecular flexibility index (Phi) is 5.10. The number of carbonyl (C=O) groups excluding carboxylic acids is 1. The molecular weight excluding hydrogens is 384 g/mol. The fraction of sp³-hybridized carbons (Fsp3) is 0.958. The Morgan fingerprint density at radius 3 is 2.41 bits per heavy atom. The van der Waals surface area contributed by atoms with Crippen molar-refractivity contribution in [1.29, 1.82) is 0 Å². The second kappa shape index (κ2) is 6.79. The fourth-order valence-electron chi connectivity index (χ4n) is 8.55. The van der Waals surface area contributed by atoms with Gasteiger partial charge in [-0.05, 0) is 85.4 Å². The minimum atomic E-state index is -3.51. The van der Waals surface area contributed by atoms with Crippen molar-refractivity contribution >= 4 is 15.9 Å². The molecule has 29 heavy (non-hydrogen) atoms. The largest absolute Gasteiger partial charge is 0.299 e. The molecule has 5 heteroatoms. The van der Waals surface area contributed by atoms with Gasteiger partial charge in [-0.3, -0.25) is 8.98 Å². The molecule has 4 fully saturated rings. The molecule has 4 rings (SSSR count). The van der Waals surface area contributed by atoms with E-state index in [0.29, 0.717) is 35.9 Å². The summed E-state index contributed by atoms with van der Waals surface area (Å²) in [6.45, 7) is 11.3. The standard InChI is InChI=1S/C24H40O4S/c1-15(2)18-8-10-22(4,21(18)28-29(6,26)27)14-17-13-20(25)24-12-7-16(3)19(24)9-11-23(17,24)5/h15-19,21H,7-14H2,1-6H3/t16-,17?,18+,19+,21+,22-,23+,24-/m1/s1. The zero-order valence-corrected chi connectivity index (χ0v) is 20.0. The van der Waals surface area contributed by atoms with Crippen LogP contribution in [0.1, 0.15) is 86.0 Å². The van der Waals surface area contributed by atoms with Crippen LogP contribution in [0.5, 0.6) is 0 Å². The van der Waals surface area contributed by atoms with E-state index < -0.39 is 10.1 Å². The number of rotatable bonds is 5. The predicted molar refractivity (Wildman–Crippen MR) is 115 cm³/mol. The Bertz CT molecular complexity index is 789. The summed E-state index contributed by atoms with van der Waals surface area (Å²) in [4.78, 5) is 13.5. The maximum atomic E-state index is 13.5. The Balaban J connectivity index is 1.64. The predicted octanol–water partition coefficient (Wildman–Crippen LogP) is 5.22. The van der Waals surface area contributed by atoms with Crippen molar-refractivity contribution in [1.82, 2.24) is 0 Å². The van der Waals surface area contributed by atoms with Gasteiger partial charge < -0.3 is 0 Å². The normalized spacial score (nSPS) is 49.8. The first-order valence-electron chi connectivity index (χ1n) is 11.8. The van der Waals surface area contributed by atoms with Crippen LogP contribution in [0, 0.1) is 45.8 Å². The topological polar surface area (TPSA) is 60.4 Å². The second-order valence-corrected chi connectivity index (χ2v) is 13.5. The molecule has 0 saturated heterocycles. The Morgan fingerprint density at radius 2 is 1.79 bits per heavy atom. The number of Topliss-reactive ketones (excluding diaryl/α,β-unsaturated/α-hetero) is 1. The van der Waals surface area contributed by atoms with Gasteiger partial charge in [0.15, 0.2) is 0 Å². The van der Waals surface area contributed by atoms with E-state index in [9.17, 15) is 13.2 Å². The van der Waals surface area contributed by atoms with Gasteiger partial charge in [-0.2, -0.15) is 8.42 Å². The maximum Gasteiger partial charge on any atom is 0.264 e. The van der Waals surface area contributed by atoms with Crippen LogP contribution < -0.4 is 0 Å². The van der Waals surface area contributed by atoms with Crippen molar-refractivity contribution < 1.29 is 17.4 Å². The van der Waals surface area contributed by atoms with Crippen LogP contribution in [0.15, 0.2) is 0 Å². The van der Waals surface area contributed by atoms with E-state index in [1.807, 2.05) is 0 Å². The van der Waals surface area contributed by atoms with Gasteiger partial charge in [-0.25, -0.2) is 0 Å². The molecule has 0 radical (unpaired) electrons. The summed E-state index contributed by atoms with van der Waals surface area (Å²) in [7, 11) is -3.51. The van der Waals surface area contributed by atoms with E-state index >= 15 is 0 Å². The Morgan fingerprint density at radius 1 is 1.10 bits per heavy atom. The molecule has 4 aliphatic rings. The molecule has 8 atom stereocenters. The average Bonchev–Trinajstić information content (AvgIpc) is 3.24. The molecule has 166 valence electrons. The van der Waals surface area contributed by atoms with Crippen molar-refractivity contribution in [3.05, 3.63) is 0 Å². The molecular formula is C24H40O4S. The van der Waals surface area contributed by atoms with Gasteiger partial charge in [0, 0.05) is 11.8 Å². The molecule has 1 unspecified atom stereocenters. The highest BCUT2D eigenvalue weighted by molar-refractivity contribution is 7.86. The summed E-state index contributed by atoms with van der Waals surface area (Å²) < 4.78 is 29.9. The van der Waals surface area contributed by atoms with Gasteiger partial charge in [-0.15, -0.1) is 0 Å². The number of hydrogen-bond acceptors (Lipinski definition) is 4. The molecule has 4 saturated carbocycles. The molecule has 0 aliphatic heterocycles. The number of ketones is 1. The summed E-state index contributed by atoms with van der Waals surface area (Å²) in [6.07, 6.45) is 9.11. The lowest BCUT2D eigenvalue weighted by Crippen LogP contribution is -2.43. The van der Waals surface area contributed by atoms with E-state index in [-0.39, 0.29) is 28.3 Å². The molecule has 0 aromatic rings. The third-order valence-corrected chi connectivity index (χ3v) is 10.7. The molecule has 0 N–H and O–H groups in total. The molecule has 0 aromatic carbocycles. The maximum absolute atomic E-state index is 13.5. The zero-order chi connectivity index (χ0) is 21.4. The van der Waals surface area contributed by atoms with E-state index in [1.54, 1.807) is 0 Å². The third-order valence-electron chi connectivity index (χ3n) is 10.1. The fourth-order valence-corrected chi connectivity index (χ4v) is 9.31. The lowest BCUT2D eigenvalue weighted by Gasteiger charge is -2.44. The number of hydrogen-bond donors (Lipinski definition) is 0. The van der Waals surface area contributed by atoms with Crippen LogP contribution in [0.4, 0.5) is 0 Å². The lowest BCUT2D eigenvalue weighted by molar-refractivity contribution is -0.130. The summed E-state index contributed by atoms with van der Waals surface area (Å²) in [5, 5.41) is 0. The molecule has 0 aromatic heterocycles. The van der Waals surface area contributed by atoms with Gasteiger partial charge in [0.05, 0.1) is 12.4 Å². The average molecular weight is 425 g/mol. The first kappa shape index (κ1) is 21.8. The lowest BCUT2D eigenvalue weighted by atomic mass is 9.60. The van der Waals surface area contributed by atoms with Crippen LogP contribution in [0.2, 0.25) is 0 Å². The van der Waals surface area contributed by atoms with E-state index in [0.717, 1.165) is 32.1 Å². The minimum absolute atomic E-state index is 0.0775. The highest BCUT2D eigenvalue weighted by Gasteiger charge is 2.71. The number of carbonyl (C=O) groups is 1. The quantitative estimate of drug-likeness (QED) is 0.568.